The molecule has 0 bridgehead atoms. The van der Waals surface area contributed by atoms with Gasteiger partial charge in [-0.05, 0) is 22.9 Å². The molecule has 0 aliphatic heterocycles. The summed E-state index contributed by atoms with van der Waals surface area (Å²) >= 11 is 0. The molecule has 0 amide bonds. The smallest absolute Gasteiger partial charge is 0.151 e. The zero-order valence-corrected chi connectivity index (χ0v) is 10.2. The summed E-state index contributed by atoms with van der Waals surface area (Å²) in [7, 11) is 0. The Hall–Kier alpha value is -1.48. The molecular formula is C14H17FN2. The van der Waals surface area contributed by atoms with E-state index in [-0.39, 0.29) is 12.5 Å². The number of fused-ring (bicyclic) bond motifs is 1. The van der Waals surface area contributed by atoms with Crippen LogP contribution in [0.25, 0.3) is 10.8 Å². The van der Waals surface area contributed by atoms with Crippen molar-refractivity contribution in [1.82, 2.24) is 4.98 Å². The van der Waals surface area contributed by atoms with E-state index in [1.807, 2.05) is 32.0 Å². The van der Waals surface area contributed by atoms with Gasteiger partial charge in [-0.2, -0.15) is 0 Å². The van der Waals surface area contributed by atoms with Crippen LogP contribution in [0.15, 0.2) is 36.7 Å². The summed E-state index contributed by atoms with van der Waals surface area (Å²) in [5.41, 5.74) is 4.78. The summed E-state index contributed by atoms with van der Waals surface area (Å²) in [4.78, 5) is 4.07. The van der Waals surface area contributed by atoms with E-state index in [0.717, 1.165) is 10.8 Å². The molecule has 2 N–H and O–H groups in total. The van der Waals surface area contributed by atoms with Crippen LogP contribution in [0.3, 0.4) is 0 Å². The summed E-state index contributed by atoms with van der Waals surface area (Å²) in [6.07, 6.45) is 3.42. The van der Waals surface area contributed by atoms with Crippen molar-refractivity contribution in [1.29, 1.82) is 0 Å². The van der Waals surface area contributed by atoms with Crippen molar-refractivity contribution >= 4 is 10.8 Å². The van der Waals surface area contributed by atoms with Gasteiger partial charge in [0.25, 0.3) is 0 Å². The van der Waals surface area contributed by atoms with Crippen LogP contribution in [0.2, 0.25) is 0 Å². The van der Waals surface area contributed by atoms with Gasteiger partial charge in [0, 0.05) is 24.3 Å². The molecule has 1 aromatic carbocycles. The molecule has 1 aromatic heterocycles. The number of halogens is 1. The number of alkyl halides is 1. The van der Waals surface area contributed by atoms with E-state index < -0.39 is 5.67 Å². The Morgan fingerprint density at radius 1 is 1.35 bits per heavy atom. The summed E-state index contributed by atoms with van der Waals surface area (Å²) in [6.45, 7) is 3.68. The van der Waals surface area contributed by atoms with Gasteiger partial charge in [0.2, 0.25) is 0 Å². The van der Waals surface area contributed by atoms with E-state index in [4.69, 9.17) is 5.73 Å². The maximum atomic E-state index is 15.0. The summed E-state index contributed by atoms with van der Waals surface area (Å²) < 4.78 is 15.0. The van der Waals surface area contributed by atoms with Gasteiger partial charge in [-0.15, -0.1) is 0 Å². The first-order valence-corrected chi connectivity index (χ1v) is 5.82. The molecule has 0 aliphatic rings. The largest absolute Gasteiger partial charge is 0.327 e. The zero-order valence-electron chi connectivity index (χ0n) is 10.2. The molecule has 0 aliphatic carbocycles. The second-order valence-corrected chi connectivity index (χ2v) is 4.62. The summed E-state index contributed by atoms with van der Waals surface area (Å²) in [5.74, 6) is -0.168. The number of benzene rings is 1. The van der Waals surface area contributed by atoms with Gasteiger partial charge in [0.1, 0.15) is 0 Å². The third kappa shape index (κ3) is 1.91. The molecule has 0 spiro atoms. The summed E-state index contributed by atoms with van der Waals surface area (Å²) in [5, 5.41) is 1.84. The lowest BCUT2D eigenvalue weighted by atomic mass is 9.83. The van der Waals surface area contributed by atoms with E-state index in [9.17, 15) is 4.39 Å². The van der Waals surface area contributed by atoms with Gasteiger partial charge in [-0.3, -0.25) is 4.98 Å². The highest BCUT2D eigenvalue weighted by Gasteiger charge is 2.35. The molecule has 3 heteroatoms. The molecule has 2 aromatic rings. The number of nitrogens with zero attached hydrogens (tertiary/aromatic N) is 1. The third-order valence-corrected chi connectivity index (χ3v) is 3.34. The minimum absolute atomic E-state index is 0.0152. The van der Waals surface area contributed by atoms with E-state index in [1.165, 1.54) is 0 Å². The van der Waals surface area contributed by atoms with Crippen LogP contribution in [0, 0.1) is 5.92 Å². The number of hydrogen-bond donors (Lipinski definition) is 1. The number of aromatic nitrogens is 1. The van der Waals surface area contributed by atoms with E-state index in [1.54, 1.807) is 18.5 Å². The topological polar surface area (TPSA) is 38.9 Å². The molecule has 1 heterocycles. The zero-order chi connectivity index (χ0) is 12.5. The molecule has 0 fully saturated rings. The average molecular weight is 232 g/mol. The molecule has 1 unspecified atom stereocenters. The van der Waals surface area contributed by atoms with E-state index in [2.05, 4.69) is 4.98 Å². The second-order valence-electron chi connectivity index (χ2n) is 4.62. The Balaban J connectivity index is 2.70. The van der Waals surface area contributed by atoms with Crippen LogP contribution >= 0.6 is 0 Å². The molecule has 0 saturated carbocycles. The predicted octanol–water partition coefficient (Wildman–Crippen LogP) is 3.01. The molecule has 17 heavy (non-hydrogen) atoms. The first kappa shape index (κ1) is 12.0. The lowest BCUT2D eigenvalue weighted by Gasteiger charge is -2.29. The molecule has 90 valence electrons. The van der Waals surface area contributed by atoms with E-state index in [0.29, 0.717) is 5.56 Å². The predicted molar refractivity (Wildman–Crippen MR) is 68.4 cm³/mol. The van der Waals surface area contributed by atoms with Crippen molar-refractivity contribution in [2.45, 2.75) is 19.5 Å². The first-order valence-electron chi connectivity index (χ1n) is 5.82. The SMILES string of the molecule is CC(C)C(F)(CN)c1cccc2ccncc12. The second kappa shape index (κ2) is 4.41. The van der Waals surface area contributed by atoms with Crippen LogP contribution in [-0.2, 0) is 5.67 Å². The Kier molecular flexibility index (Phi) is 3.11. The van der Waals surface area contributed by atoms with Gasteiger partial charge in [0.15, 0.2) is 5.67 Å². The molecule has 0 radical (unpaired) electrons. The van der Waals surface area contributed by atoms with Crippen molar-refractivity contribution in [3.63, 3.8) is 0 Å². The van der Waals surface area contributed by atoms with Crippen molar-refractivity contribution < 1.29 is 4.39 Å². The van der Waals surface area contributed by atoms with Gasteiger partial charge >= 0.3 is 0 Å². The highest BCUT2D eigenvalue weighted by molar-refractivity contribution is 5.85. The van der Waals surface area contributed by atoms with Gasteiger partial charge < -0.3 is 5.73 Å². The Labute approximate surface area is 101 Å². The lowest BCUT2D eigenvalue weighted by molar-refractivity contribution is 0.111. The number of pyridine rings is 1. The van der Waals surface area contributed by atoms with Crippen LogP contribution < -0.4 is 5.73 Å². The minimum Gasteiger partial charge on any atom is -0.327 e. The van der Waals surface area contributed by atoms with Crippen molar-refractivity contribution in [2.24, 2.45) is 11.7 Å². The standard InChI is InChI=1S/C14H17FN2/c1-10(2)14(15,9-16)13-5-3-4-11-6-7-17-8-12(11)13/h3-8,10H,9,16H2,1-2H3. The highest BCUT2D eigenvalue weighted by atomic mass is 19.1. The monoisotopic (exact) mass is 232 g/mol. The maximum Gasteiger partial charge on any atom is 0.151 e. The fourth-order valence-corrected chi connectivity index (χ4v) is 2.13. The summed E-state index contributed by atoms with van der Waals surface area (Å²) in [6, 6.07) is 7.51. The minimum atomic E-state index is -1.50. The van der Waals surface area contributed by atoms with Crippen LogP contribution in [0.5, 0.6) is 0 Å². The molecule has 2 nitrogen and oxygen atoms in total. The maximum absolute atomic E-state index is 15.0. The highest BCUT2D eigenvalue weighted by Crippen LogP contribution is 2.36. The van der Waals surface area contributed by atoms with Crippen LogP contribution in [-0.4, -0.2) is 11.5 Å². The van der Waals surface area contributed by atoms with Gasteiger partial charge in [-0.25, -0.2) is 4.39 Å². The molecule has 1 atom stereocenters. The number of nitrogens with two attached hydrogens (primary N) is 1. The number of hydrogen-bond acceptors (Lipinski definition) is 2. The first-order chi connectivity index (χ1) is 8.09. The lowest BCUT2D eigenvalue weighted by Crippen LogP contribution is -2.35. The normalized spacial score (nSPS) is 15.1. The molecule has 2 rings (SSSR count). The van der Waals surface area contributed by atoms with Crippen molar-refractivity contribution in [2.75, 3.05) is 6.54 Å². The van der Waals surface area contributed by atoms with Gasteiger partial charge in [-0.1, -0.05) is 32.0 Å². The Bertz CT molecular complexity index is 519. The van der Waals surface area contributed by atoms with Crippen molar-refractivity contribution in [3.8, 4) is 0 Å². The Morgan fingerprint density at radius 3 is 2.76 bits per heavy atom. The van der Waals surface area contributed by atoms with Crippen molar-refractivity contribution in [3.05, 3.63) is 42.2 Å². The van der Waals surface area contributed by atoms with Crippen LogP contribution in [0.4, 0.5) is 4.39 Å². The fourth-order valence-electron chi connectivity index (χ4n) is 2.13. The quantitative estimate of drug-likeness (QED) is 0.883. The molecular weight excluding hydrogens is 215 g/mol. The fraction of sp³-hybridized carbons (Fsp3) is 0.357. The van der Waals surface area contributed by atoms with E-state index >= 15 is 0 Å². The van der Waals surface area contributed by atoms with Gasteiger partial charge in [0.05, 0.1) is 0 Å². The average Bonchev–Trinajstić information content (AvgIpc) is 2.37. The number of rotatable bonds is 3. The third-order valence-electron chi connectivity index (χ3n) is 3.34. The molecule has 0 saturated heterocycles. The Morgan fingerprint density at radius 2 is 2.12 bits per heavy atom. The van der Waals surface area contributed by atoms with Crippen LogP contribution in [0.1, 0.15) is 19.4 Å².